The van der Waals surface area contributed by atoms with Gasteiger partial charge >= 0.3 is 54.9 Å². The first-order valence-corrected chi connectivity index (χ1v) is 0. The topological polar surface area (TPSA) is 28.5 Å². The summed E-state index contributed by atoms with van der Waals surface area (Å²) in [6.45, 7) is 0. The molecule has 0 heterocycles. The van der Waals surface area contributed by atoms with Crippen molar-refractivity contribution < 1.29 is 60.4 Å². The van der Waals surface area contributed by atoms with Crippen molar-refractivity contribution in [2.45, 2.75) is 0 Å². The molecule has 0 aliphatic carbocycles. The minimum absolute atomic E-state index is 0. The predicted octanol–water partition coefficient (Wildman–Crippen LogP) is -0.126. The van der Waals surface area contributed by atoms with E-state index in [2.05, 4.69) is 0 Å². The van der Waals surface area contributed by atoms with Crippen LogP contribution in [0.3, 0.4) is 0 Å². The SMILES string of the molecule is [Cr+3].[Mo+4].[Ni+2].[O-2]. The quantitative estimate of drug-likeness (QED) is 0.511. The Bertz CT molecular complexity index is 8.00. The molecule has 4 heteroatoms. The van der Waals surface area contributed by atoms with Crippen molar-refractivity contribution in [1.82, 2.24) is 0 Å². The van der Waals surface area contributed by atoms with Gasteiger partial charge in [-0.25, -0.2) is 0 Å². The van der Waals surface area contributed by atoms with Crippen molar-refractivity contribution in [3.8, 4) is 0 Å². The van der Waals surface area contributed by atoms with E-state index in [-0.39, 0.29) is 60.4 Å². The molecule has 0 N–H and O–H groups in total. The maximum absolute atomic E-state index is 0. The second kappa shape index (κ2) is 22.5. The molecule has 0 aromatic rings. The first-order chi connectivity index (χ1) is 0. The van der Waals surface area contributed by atoms with Crippen LogP contribution >= 0.6 is 0 Å². The van der Waals surface area contributed by atoms with E-state index in [9.17, 15) is 0 Å². The Balaban J connectivity index is 0. The zero-order valence-electron chi connectivity index (χ0n) is 1.54. The van der Waals surface area contributed by atoms with Gasteiger partial charge in [-0.15, -0.1) is 0 Å². The van der Waals surface area contributed by atoms with Gasteiger partial charge in [0.25, 0.3) is 0 Å². The zero-order chi connectivity index (χ0) is 0. The van der Waals surface area contributed by atoms with Crippen molar-refractivity contribution in [1.29, 1.82) is 0 Å². The van der Waals surface area contributed by atoms with Crippen molar-refractivity contribution in [3.05, 3.63) is 0 Å². The summed E-state index contributed by atoms with van der Waals surface area (Å²) in [6, 6.07) is 0. The Kier molecular flexibility index (Phi) is 249. The minimum atomic E-state index is 0. The molecule has 0 fully saturated rings. The first kappa shape index (κ1) is 44.2. The molecule has 0 rings (SSSR count). The van der Waals surface area contributed by atoms with Crippen LogP contribution in [-0.4, -0.2) is 0 Å². The van der Waals surface area contributed by atoms with Gasteiger partial charge in [0, 0.05) is 0 Å². The Morgan fingerprint density at radius 3 is 1.00 bits per heavy atom. The van der Waals surface area contributed by atoms with Crippen LogP contribution in [-0.2, 0) is 60.4 Å². The molecule has 1 radical (unpaired) electrons. The average Bonchev–Trinajstić information content (AvgIpc) is 0. The molecule has 1 nitrogen and oxygen atoms in total. The molecular formula is CrMoNiO+7. The summed E-state index contributed by atoms with van der Waals surface area (Å²) < 4.78 is 0. The van der Waals surface area contributed by atoms with Crippen LogP contribution in [0.2, 0.25) is 0 Å². The largest absolute Gasteiger partial charge is 4.00 e. The van der Waals surface area contributed by atoms with Gasteiger partial charge in [-0.05, 0) is 0 Å². The average molecular weight is 223 g/mol. The van der Waals surface area contributed by atoms with Crippen LogP contribution in [0.4, 0.5) is 0 Å². The number of hydrogen-bond donors (Lipinski definition) is 0. The van der Waals surface area contributed by atoms with Crippen LogP contribution in [0.15, 0.2) is 0 Å². The fourth-order valence-electron chi connectivity index (χ4n) is 0. The molecular weight excluding hydrogens is 223 g/mol. The van der Waals surface area contributed by atoms with Gasteiger partial charge in [0.1, 0.15) is 0 Å². The van der Waals surface area contributed by atoms with E-state index < -0.39 is 0 Å². The molecule has 0 atom stereocenters. The third kappa shape index (κ3) is 9.37. The van der Waals surface area contributed by atoms with Gasteiger partial charge in [-0.2, -0.15) is 0 Å². The van der Waals surface area contributed by atoms with E-state index in [1.165, 1.54) is 0 Å². The normalized spacial score (nSPS) is 0. The molecule has 0 aliphatic heterocycles. The molecule has 21 valence electrons. The van der Waals surface area contributed by atoms with Crippen LogP contribution in [0.25, 0.3) is 0 Å². The summed E-state index contributed by atoms with van der Waals surface area (Å²) in [6.07, 6.45) is 0. The third-order valence-corrected chi connectivity index (χ3v) is 0. The fraction of sp³-hybridized carbons (Fsp3) is 0. The van der Waals surface area contributed by atoms with Crippen LogP contribution < -0.4 is 0 Å². The molecule has 0 aliphatic rings. The first-order valence-electron chi connectivity index (χ1n) is 0. The molecule has 0 bridgehead atoms. The monoisotopic (exact) mass is 224 g/mol. The van der Waals surface area contributed by atoms with E-state index in [0.29, 0.717) is 0 Å². The molecule has 4 heavy (non-hydrogen) atoms. The van der Waals surface area contributed by atoms with E-state index in [1.807, 2.05) is 0 Å². The van der Waals surface area contributed by atoms with Crippen molar-refractivity contribution in [3.63, 3.8) is 0 Å². The maximum atomic E-state index is 0. The van der Waals surface area contributed by atoms with Crippen LogP contribution in [0.1, 0.15) is 0 Å². The number of rotatable bonds is 0. The predicted molar refractivity (Wildman–Crippen MR) is 0.686 cm³/mol. The Morgan fingerprint density at radius 1 is 1.00 bits per heavy atom. The van der Waals surface area contributed by atoms with Crippen molar-refractivity contribution in [2.75, 3.05) is 0 Å². The second-order valence-electron chi connectivity index (χ2n) is 0. The number of hydrogen-bond acceptors (Lipinski definition) is 0. The Morgan fingerprint density at radius 2 is 1.00 bits per heavy atom. The Labute approximate surface area is 60.2 Å². The molecule has 0 amide bonds. The third-order valence-electron chi connectivity index (χ3n) is 0. The summed E-state index contributed by atoms with van der Waals surface area (Å²) in [5, 5.41) is 0. The Hall–Kier alpha value is 1.67. The van der Waals surface area contributed by atoms with Crippen LogP contribution in [0, 0.1) is 0 Å². The van der Waals surface area contributed by atoms with Gasteiger partial charge < -0.3 is 5.48 Å². The van der Waals surface area contributed by atoms with Gasteiger partial charge in [0.15, 0.2) is 0 Å². The summed E-state index contributed by atoms with van der Waals surface area (Å²) in [5.74, 6) is 0. The van der Waals surface area contributed by atoms with Gasteiger partial charge in [0.05, 0.1) is 0 Å². The van der Waals surface area contributed by atoms with Crippen LogP contribution in [0.5, 0.6) is 0 Å². The standard InChI is InChI=1S/Cr.Mo.Ni.O/q+3;+4;+2;-2. The van der Waals surface area contributed by atoms with E-state index in [4.69, 9.17) is 0 Å². The van der Waals surface area contributed by atoms with Gasteiger partial charge in [-0.3, -0.25) is 0 Å². The second-order valence-corrected chi connectivity index (χ2v) is 0. The zero-order valence-corrected chi connectivity index (χ0v) is 5.81. The van der Waals surface area contributed by atoms with Crippen molar-refractivity contribution >= 4 is 0 Å². The maximum Gasteiger partial charge on any atom is 4.00 e. The molecule has 0 unspecified atom stereocenters. The van der Waals surface area contributed by atoms with E-state index in [0.717, 1.165) is 0 Å². The summed E-state index contributed by atoms with van der Waals surface area (Å²) in [5.41, 5.74) is 0. The van der Waals surface area contributed by atoms with Gasteiger partial charge in [0.2, 0.25) is 0 Å². The van der Waals surface area contributed by atoms with E-state index >= 15 is 0 Å². The minimum Gasteiger partial charge on any atom is -2.00 e. The molecule has 0 aromatic heterocycles. The van der Waals surface area contributed by atoms with E-state index in [1.54, 1.807) is 0 Å². The van der Waals surface area contributed by atoms with Gasteiger partial charge in [-0.1, -0.05) is 0 Å². The molecule has 0 aromatic carbocycles. The fourth-order valence-corrected chi connectivity index (χ4v) is 0. The summed E-state index contributed by atoms with van der Waals surface area (Å²) in [4.78, 5) is 0. The molecule has 0 saturated heterocycles. The molecule has 0 saturated carbocycles. The summed E-state index contributed by atoms with van der Waals surface area (Å²) >= 11 is 0. The summed E-state index contributed by atoms with van der Waals surface area (Å²) in [7, 11) is 0. The van der Waals surface area contributed by atoms with Crippen molar-refractivity contribution in [2.24, 2.45) is 0 Å². The molecule has 0 spiro atoms. The smallest absolute Gasteiger partial charge is 2.00 e.